The number of likely N-dealkylation sites (tertiary alicyclic amines) is 1. The summed E-state index contributed by atoms with van der Waals surface area (Å²) in [6.45, 7) is 8.24. The molecule has 5 nitrogen and oxygen atoms in total. The predicted molar refractivity (Wildman–Crippen MR) is 93.4 cm³/mol. The third-order valence-electron chi connectivity index (χ3n) is 4.37. The minimum atomic E-state index is -0.418. The highest BCUT2D eigenvalue weighted by Gasteiger charge is 2.33. The van der Waals surface area contributed by atoms with E-state index in [-0.39, 0.29) is 11.9 Å². The van der Waals surface area contributed by atoms with Gasteiger partial charge in [-0.25, -0.2) is 0 Å². The average Bonchev–Trinajstić information content (AvgIpc) is 2.97. The molecule has 0 saturated carbocycles. The number of rotatable bonds is 3. The van der Waals surface area contributed by atoms with E-state index in [1.807, 2.05) is 27.8 Å². The Balaban J connectivity index is 1.81. The van der Waals surface area contributed by atoms with Crippen molar-refractivity contribution in [3.8, 4) is 0 Å². The molecular formula is C18H31N3O2. The molecule has 0 aromatic carbocycles. The largest absolute Gasteiger partial charge is 0.460 e. The molecule has 1 fully saturated rings. The van der Waals surface area contributed by atoms with Crippen molar-refractivity contribution in [3.05, 3.63) is 12.2 Å². The quantitative estimate of drug-likeness (QED) is 0.376. The monoisotopic (exact) mass is 321 g/mol. The van der Waals surface area contributed by atoms with Crippen LogP contribution in [0.5, 0.6) is 0 Å². The zero-order chi connectivity index (χ0) is 16.9. The molecule has 1 N–H and O–H groups in total. The van der Waals surface area contributed by atoms with Crippen molar-refractivity contribution >= 4 is 11.9 Å². The Bertz CT molecular complexity index is 465. The third-order valence-corrected chi connectivity index (χ3v) is 4.37. The van der Waals surface area contributed by atoms with E-state index in [2.05, 4.69) is 27.4 Å². The van der Waals surface area contributed by atoms with Crippen LogP contribution >= 0.6 is 0 Å². The van der Waals surface area contributed by atoms with E-state index in [4.69, 9.17) is 4.74 Å². The lowest BCUT2D eigenvalue weighted by molar-refractivity contribution is -0.159. The number of allylic oxidation sites excluding steroid dienone is 2. The summed E-state index contributed by atoms with van der Waals surface area (Å²) >= 11 is 0. The molecule has 0 spiro atoms. The van der Waals surface area contributed by atoms with Crippen molar-refractivity contribution < 1.29 is 9.53 Å². The molecule has 0 amide bonds. The van der Waals surface area contributed by atoms with Gasteiger partial charge in [0, 0.05) is 26.7 Å². The van der Waals surface area contributed by atoms with E-state index >= 15 is 0 Å². The molecule has 2 aliphatic rings. The zero-order valence-electron chi connectivity index (χ0n) is 15.0. The minimum Gasteiger partial charge on any atom is -0.460 e. The highest BCUT2D eigenvalue weighted by molar-refractivity contribution is 5.82. The molecule has 0 aromatic heterocycles. The Hall–Kier alpha value is -1.52. The van der Waals surface area contributed by atoms with Crippen LogP contribution in [-0.4, -0.2) is 49.1 Å². The van der Waals surface area contributed by atoms with Gasteiger partial charge < -0.3 is 15.0 Å². The fourth-order valence-electron chi connectivity index (χ4n) is 3.14. The van der Waals surface area contributed by atoms with E-state index in [1.165, 1.54) is 12.8 Å². The molecule has 0 radical (unpaired) electrons. The molecule has 0 aromatic rings. The highest BCUT2D eigenvalue weighted by atomic mass is 16.6. The first kappa shape index (κ1) is 17.8. The minimum absolute atomic E-state index is 0.0506. The number of guanidine groups is 1. The number of nitrogens with zero attached hydrogens (tertiary/aromatic N) is 2. The Morgan fingerprint density at radius 3 is 2.74 bits per heavy atom. The van der Waals surface area contributed by atoms with E-state index in [9.17, 15) is 4.79 Å². The fraction of sp³-hybridized carbons (Fsp3) is 0.778. The van der Waals surface area contributed by atoms with Gasteiger partial charge >= 0.3 is 5.97 Å². The van der Waals surface area contributed by atoms with Crippen molar-refractivity contribution in [2.45, 2.75) is 52.1 Å². The second-order valence-electron chi connectivity index (χ2n) is 7.54. The predicted octanol–water partition coefficient (Wildman–Crippen LogP) is 2.58. The first-order chi connectivity index (χ1) is 10.9. The van der Waals surface area contributed by atoms with Gasteiger partial charge in [-0.2, -0.15) is 0 Å². The summed E-state index contributed by atoms with van der Waals surface area (Å²) in [6, 6.07) is 0. The van der Waals surface area contributed by atoms with Crippen LogP contribution in [0.25, 0.3) is 0 Å². The highest BCUT2D eigenvalue weighted by Crippen LogP contribution is 2.21. The average molecular weight is 321 g/mol. The topological polar surface area (TPSA) is 53.9 Å². The molecule has 1 aliphatic carbocycles. The smallest absolute Gasteiger partial charge is 0.311 e. The SMILES string of the molecule is CN=C(NCC1CC=CCC1)N1CCC(C(=O)OC(C)(C)C)C1. The van der Waals surface area contributed by atoms with Gasteiger partial charge in [0.15, 0.2) is 5.96 Å². The van der Waals surface area contributed by atoms with Crippen molar-refractivity contribution in [1.29, 1.82) is 0 Å². The lowest BCUT2D eigenvalue weighted by Gasteiger charge is -2.25. The van der Waals surface area contributed by atoms with E-state index in [0.29, 0.717) is 12.5 Å². The van der Waals surface area contributed by atoms with Crippen LogP contribution in [0.3, 0.4) is 0 Å². The van der Waals surface area contributed by atoms with E-state index < -0.39 is 5.60 Å². The molecule has 5 heteroatoms. The number of carbonyl (C=O) groups is 1. The normalized spacial score (nSPS) is 25.6. The van der Waals surface area contributed by atoms with Crippen molar-refractivity contribution in [3.63, 3.8) is 0 Å². The van der Waals surface area contributed by atoms with Crippen LogP contribution in [0.2, 0.25) is 0 Å². The number of hydrogen-bond acceptors (Lipinski definition) is 3. The van der Waals surface area contributed by atoms with Crippen LogP contribution in [-0.2, 0) is 9.53 Å². The number of hydrogen-bond donors (Lipinski definition) is 1. The maximum atomic E-state index is 12.2. The molecule has 1 heterocycles. The van der Waals surface area contributed by atoms with Crippen LogP contribution in [0.1, 0.15) is 46.5 Å². The van der Waals surface area contributed by atoms with Crippen LogP contribution < -0.4 is 5.32 Å². The molecular weight excluding hydrogens is 290 g/mol. The number of nitrogens with one attached hydrogen (secondary N) is 1. The second kappa shape index (κ2) is 7.84. The van der Waals surface area contributed by atoms with Gasteiger partial charge in [-0.05, 0) is 52.4 Å². The van der Waals surface area contributed by atoms with Gasteiger partial charge in [0.1, 0.15) is 5.60 Å². The summed E-state index contributed by atoms with van der Waals surface area (Å²) < 4.78 is 5.51. The summed E-state index contributed by atoms with van der Waals surface area (Å²) in [5.41, 5.74) is -0.418. The summed E-state index contributed by atoms with van der Waals surface area (Å²) in [6.07, 6.45) is 8.92. The van der Waals surface area contributed by atoms with Crippen molar-refractivity contribution in [2.24, 2.45) is 16.8 Å². The number of carbonyl (C=O) groups excluding carboxylic acids is 1. The molecule has 2 atom stereocenters. The number of ether oxygens (including phenoxy) is 1. The molecule has 1 aliphatic heterocycles. The van der Waals surface area contributed by atoms with Crippen LogP contribution in [0.4, 0.5) is 0 Å². The van der Waals surface area contributed by atoms with Crippen molar-refractivity contribution in [1.82, 2.24) is 10.2 Å². The summed E-state index contributed by atoms with van der Waals surface area (Å²) in [5, 5.41) is 3.48. The van der Waals surface area contributed by atoms with Gasteiger partial charge in [-0.3, -0.25) is 9.79 Å². The molecule has 1 saturated heterocycles. The third kappa shape index (κ3) is 5.56. The molecule has 2 rings (SSSR count). The first-order valence-electron chi connectivity index (χ1n) is 8.72. The lowest BCUT2D eigenvalue weighted by atomic mass is 9.94. The van der Waals surface area contributed by atoms with Gasteiger partial charge in [0.05, 0.1) is 5.92 Å². The standard InChI is InChI=1S/C18H31N3O2/c1-18(2,3)23-16(22)15-10-11-21(13-15)17(19-4)20-12-14-8-6-5-7-9-14/h5-6,14-15H,7-13H2,1-4H3,(H,19,20). The zero-order valence-corrected chi connectivity index (χ0v) is 15.0. The Kier molecular flexibility index (Phi) is 6.08. The Morgan fingerprint density at radius 1 is 1.35 bits per heavy atom. The van der Waals surface area contributed by atoms with Crippen molar-refractivity contribution in [2.75, 3.05) is 26.7 Å². The van der Waals surface area contributed by atoms with Gasteiger partial charge in [0.2, 0.25) is 0 Å². The summed E-state index contributed by atoms with van der Waals surface area (Å²) in [4.78, 5) is 18.8. The lowest BCUT2D eigenvalue weighted by Crippen LogP contribution is -2.42. The summed E-state index contributed by atoms with van der Waals surface area (Å²) in [5.74, 6) is 1.45. The number of aliphatic imine (C=N–C) groups is 1. The summed E-state index contributed by atoms with van der Waals surface area (Å²) in [7, 11) is 1.81. The second-order valence-corrected chi connectivity index (χ2v) is 7.54. The molecule has 130 valence electrons. The number of esters is 1. The molecule has 2 unspecified atom stereocenters. The Morgan fingerprint density at radius 2 is 2.13 bits per heavy atom. The maximum Gasteiger partial charge on any atom is 0.311 e. The fourth-order valence-corrected chi connectivity index (χ4v) is 3.14. The van der Waals surface area contributed by atoms with Gasteiger partial charge in [0.25, 0.3) is 0 Å². The van der Waals surface area contributed by atoms with Crippen LogP contribution in [0.15, 0.2) is 17.1 Å². The van der Waals surface area contributed by atoms with E-state index in [1.54, 1.807) is 0 Å². The van der Waals surface area contributed by atoms with Gasteiger partial charge in [-0.15, -0.1) is 0 Å². The Labute approximate surface area is 140 Å². The van der Waals surface area contributed by atoms with E-state index in [0.717, 1.165) is 31.9 Å². The molecule has 0 bridgehead atoms. The first-order valence-corrected chi connectivity index (χ1v) is 8.72. The van der Waals surface area contributed by atoms with Crippen LogP contribution in [0, 0.1) is 11.8 Å². The molecule has 23 heavy (non-hydrogen) atoms. The maximum absolute atomic E-state index is 12.2. The van der Waals surface area contributed by atoms with Gasteiger partial charge in [-0.1, -0.05) is 12.2 Å².